The zero-order chi connectivity index (χ0) is 26.4. The molecule has 0 aromatic heterocycles. The standard InChI is InChI=1S/C24H17ClN4O7/c1-14-18(25)4-3-5-19(14)27-24(30)16(13-26)10-15-6-8-22(23(11-15)35-2)36-21-9-7-17(28(31)32)12-20(21)29(33)34/h3-12H,1-2H3,(H,27,30)/b16-10+. The number of nitriles is 1. The number of nitro groups is 2. The molecule has 11 nitrogen and oxygen atoms in total. The number of hydrogen-bond donors (Lipinski definition) is 1. The van der Waals surface area contributed by atoms with Crippen LogP contribution in [0.2, 0.25) is 5.02 Å². The number of carbonyl (C=O) groups excluding carboxylic acids is 1. The van der Waals surface area contributed by atoms with Crippen LogP contribution in [0.5, 0.6) is 17.2 Å². The summed E-state index contributed by atoms with van der Waals surface area (Å²) in [6.07, 6.45) is 1.33. The number of nitrogens with zero attached hydrogens (tertiary/aromatic N) is 3. The van der Waals surface area contributed by atoms with E-state index in [0.717, 1.165) is 18.2 Å². The number of benzene rings is 3. The second kappa shape index (κ2) is 11.0. The summed E-state index contributed by atoms with van der Waals surface area (Å²) >= 11 is 6.07. The summed E-state index contributed by atoms with van der Waals surface area (Å²) in [7, 11) is 1.33. The maximum absolute atomic E-state index is 12.6. The van der Waals surface area contributed by atoms with E-state index < -0.39 is 27.1 Å². The molecule has 0 unspecified atom stereocenters. The van der Waals surface area contributed by atoms with Crippen LogP contribution >= 0.6 is 11.6 Å². The first-order valence-electron chi connectivity index (χ1n) is 10.1. The number of halogens is 1. The molecular weight excluding hydrogens is 492 g/mol. The number of rotatable bonds is 8. The predicted octanol–water partition coefficient (Wildman–Crippen LogP) is 5.81. The molecule has 3 aromatic rings. The van der Waals surface area contributed by atoms with Crippen LogP contribution in [0.15, 0.2) is 60.2 Å². The molecule has 0 bridgehead atoms. The summed E-state index contributed by atoms with van der Waals surface area (Å²) in [5.41, 5.74) is 0.253. The summed E-state index contributed by atoms with van der Waals surface area (Å²) in [6.45, 7) is 1.73. The van der Waals surface area contributed by atoms with E-state index in [9.17, 15) is 30.3 Å². The Kier molecular flexibility index (Phi) is 7.83. The van der Waals surface area contributed by atoms with E-state index in [2.05, 4.69) is 5.32 Å². The Labute approximate surface area is 209 Å². The number of amides is 1. The Morgan fingerprint density at radius 3 is 2.42 bits per heavy atom. The highest BCUT2D eigenvalue weighted by molar-refractivity contribution is 6.31. The van der Waals surface area contributed by atoms with Crippen molar-refractivity contribution in [3.8, 4) is 23.3 Å². The van der Waals surface area contributed by atoms with Gasteiger partial charge in [0.1, 0.15) is 11.6 Å². The molecule has 0 atom stereocenters. The highest BCUT2D eigenvalue weighted by atomic mass is 35.5. The highest BCUT2D eigenvalue weighted by Crippen LogP contribution is 2.38. The van der Waals surface area contributed by atoms with Gasteiger partial charge in [0, 0.05) is 16.8 Å². The number of nitro benzene ring substituents is 2. The molecular formula is C24H17ClN4O7. The van der Waals surface area contributed by atoms with Crippen LogP contribution in [0.1, 0.15) is 11.1 Å². The lowest BCUT2D eigenvalue weighted by Crippen LogP contribution is -2.14. The Morgan fingerprint density at radius 2 is 1.78 bits per heavy atom. The fourth-order valence-corrected chi connectivity index (χ4v) is 3.25. The molecule has 0 radical (unpaired) electrons. The normalized spacial score (nSPS) is 10.8. The lowest BCUT2D eigenvalue weighted by Gasteiger charge is -2.12. The fourth-order valence-electron chi connectivity index (χ4n) is 3.07. The smallest absolute Gasteiger partial charge is 0.318 e. The van der Waals surface area contributed by atoms with Gasteiger partial charge in [0.05, 0.1) is 23.0 Å². The van der Waals surface area contributed by atoms with Gasteiger partial charge in [-0.05, 0) is 54.5 Å². The van der Waals surface area contributed by atoms with E-state index in [-0.39, 0.29) is 22.8 Å². The summed E-state index contributed by atoms with van der Waals surface area (Å²) in [4.78, 5) is 33.4. The van der Waals surface area contributed by atoms with E-state index in [4.69, 9.17) is 21.1 Å². The predicted molar refractivity (Wildman–Crippen MR) is 131 cm³/mol. The summed E-state index contributed by atoms with van der Waals surface area (Å²) < 4.78 is 10.9. The first-order chi connectivity index (χ1) is 17.1. The van der Waals surface area contributed by atoms with Gasteiger partial charge >= 0.3 is 5.69 Å². The van der Waals surface area contributed by atoms with Crippen LogP contribution in [0.3, 0.4) is 0 Å². The molecule has 1 amide bonds. The van der Waals surface area contributed by atoms with Crippen molar-refractivity contribution in [2.24, 2.45) is 0 Å². The number of hydrogen-bond acceptors (Lipinski definition) is 8. The largest absolute Gasteiger partial charge is 0.493 e. The van der Waals surface area contributed by atoms with Gasteiger partial charge in [-0.15, -0.1) is 0 Å². The Hall–Kier alpha value is -4.95. The van der Waals surface area contributed by atoms with Crippen molar-refractivity contribution in [1.82, 2.24) is 0 Å². The van der Waals surface area contributed by atoms with E-state index in [1.165, 1.54) is 31.4 Å². The number of anilines is 1. The Balaban J connectivity index is 1.89. The van der Waals surface area contributed by atoms with Gasteiger partial charge in [-0.3, -0.25) is 25.0 Å². The van der Waals surface area contributed by atoms with Crippen LogP contribution < -0.4 is 14.8 Å². The van der Waals surface area contributed by atoms with Crippen molar-refractivity contribution >= 4 is 40.6 Å². The molecule has 0 aliphatic rings. The third kappa shape index (κ3) is 5.75. The van der Waals surface area contributed by atoms with E-state index in [0.29, 0.717) is 21.8 Å². The number of methoxy groups -OCH3 is 1. The van der Waals surface area contributed by atoms with Crippen LogP contribution in [-0.4, -0.2) is 22.9 Å². The summed E-state index contributed by atoms with van der Waals surface area (Å²) in [5, 5.41) is 34.9. The molecule has 0 aliphatic carbocycles. The fraction of sp³-hybridized carbons (Fsp3) is 0.0833. The van der Waals surface area contributed by atoms with E-state index in [1.807, 2.05) is 6.07 Å². The number of nitrogens with one attached hydrogen (secondary N) is 1. The summed E-state index contributed by atoms with van der Waals surface area (Å²) in [6, 6.07) is 14.2. The molecule has 36 heavy (non-hydrogen) atoms. The van der Waals surface area contributed by atoms with Crippen LogP contribution in [0.25, 0.3) is 6.08 Å². The lowest BCUT2D eigenvalue weighted by molar-refractivity contribution is -0.394. The Bertz CT molecular complexity index is 1450. The molecule has 12 heteroatoms. The number of carbonyl (C=O) groups is 1. The molecule has 0 spiro atoms. The molecule has 0 heterocycles. The minimum absolute atomic E-state index is 0.0733. The van der Waals surface area contributed by atoms with Gasteiger partial charge in [0.2, 0.25) is 5.75 Å². The topological polar surface area (TPSA) is 158 Å². The molecule has 0 aliphatic heterocycles. The summed E-state index contributed by atoms with van der Waals surface area (Å²) in [5.74, 6) is -0.672. The van der Waals surface area contributed by atoms with Gasteiger partial charge in [-0.25, -0.2) is 0 Å². The maximum Gasteiger partial charge on any atom is 0.318 e. The second-order valence-corrected chi connectivity index (χ2v) is 7.62. The van der Waals surface area contributed by atoms with Gasteiger partial charge in [0.15, 0.2) is 11.5 Å². The van der Waals surface area contributed by atoms with Gasteiger partial charge in [0.25, 0.3) is 11.6 Å². The average molecular weight is 509 g/mol. The lowest BCUT2D eigenvalue weighted by atomic mass is 10.1. The molecule has 1 N–H and O–H groups in total. The average Bonchev–Trinajstić information content (AvgIpc) is 2.85. The van der Waals surface area contributed by atoms with Crippen molar-refractivity contribution in [3.63, 3.8) is 0 Å². The van der Waals surface area contributed by atoms with Crippen molar-refractivity contribution in [2.45, 2.75) is 6.92 Å². The van der Waals surface area contributed by atoms with Gasteiger partial charge in [-0.2, -0.15) is 5.26 Å². The van der Waals surface area contributed by atoms with Crippen LogP contribution in [0.4, 0.5) is 17.1 Å². The van der Waals surface area contributed by atoms with Crippen molar-refractivity contribution in [1.29, 1.82) is 5.26 Å². The quantitative estimate of drug-likeness (QED) is 0.173. The van der Waals surface area contributed by atoms with Crippen LogP contribution in [0, 0.1) is 38.5 Å². The number of non-ortho nitro benzene ring substituents is 1. The molecule has 0 saturated carbocycles. The van der Waals surface area contributed by atoms with E-state index in [1.54, 1.807) is 25.1 Å². The molecule has 3 aromatic carbocycles. The number of ether oxygens (including phenoxy) is 2. The van der Waals surface area contributed by atoms with E-state index >= 15 is 0 Å². The zero-order valence-corrected chi connectivity index (χ0v) is 19.6. The monoisotopic (exact) mass is 508 g/mol. The van der Waals surface area contributed by atoms with Crippen molar-refractivity contribution in [3.05, 3.63) is 96.5 Å². The third-order valence-corrected chi connectivity index (χ3v) is 5.36. The molecule has 0 fully saturated rings. The molecule has 0 saturated heterocycles. The van der Waals surface area contributed by atoms with Gasteiger partial charge < -0.3 is 14.8 Å². The van der Waals surface area contributed by atoms with Crippen molar-refractivity contribution < 1.29 is 24.1 Å². The SMILES string of the molecule is COc1cc(/C=C(\C#N)C(=O)Nc2cccc(Cl)c2C)ccc1Oc1ccc([N+](=O)[O-])cc1[N+](=O)[O-]. The molecule has 3 rings (SSSR count). The maximum atomic E-state index is 12.6. The van der Waals surface area contributed by atoms with Crippen molar-refractivity contribution in [2.75, 3.05) is 12.4 Å². The Morgan fingerprint density at radius 1 is 1.06 bits per heavy atom. The second-order valence-electron chi connectivity index (χ2n) is 7.21. The third-order valence-electron chi connectivity index (χ3n) is 4.95. The minimum Gasteiger partial charge on any atom is -0.493 e. The van der Waals surface area contributed by atoms with Gasteiger partial charge in [-0.1, -0.05) is 23.7 Å². The zero-order valence-electron chi connectivity index (χ0n) is 18.9. The first kappa shape index (κ1) is 25.7. The minimum atomic E-state index is -0.800. The molecule has 182 valence electrons. The van der Waals surface area contributed by atoms with Crippen LogP contribution in [-0.2, 0) is 4.79 Å². The first-order valence-corrected chi connectivity index (χ1v) is 10.5. The highest BCUT2D eigenvalue weighted by Gasteiger charge is 2.22.